The van der Waals surface area contributed by atoms with Crippen LogP contribution in [0.25, 0.3) is 0 Å². The van der Waals surface area contributed by atoms with Crippen molar-refractivity contribution in [1.82, 2.24) is 14.9 Å². The highest BCUT2D eigenvalue weighted by Gasteiger charge is 2.13. The third-order valence-corrected chi connectivity index (χ3v) is 3.35. The first kappa shape index (κ1) is 12.8. The van der Waals surface area contributed by atoms with Gasteiger partial charge in [0.1, 0.15) is 5.69 Å². The summed E-state index contributed by atoms with van der Waals surface area (Å²) in [6, 6.07) is 1.99. The lowest BCUT2D eigenvalue weighted by atomic mass is 10.2. The van der Waals surface area contributed by atoms with Crippen molar-refractivity contribution in [2.45, 2.75) is 19.5 Å². The molecule has 3 N–H and O–H groups in total. The van der Waals surface area contributed by atoms with E-state index in [0.717, 1.165) is 5.56 Å². The van der Waals surface area contributed by atoms with Gasteiger partial charge in [0, 0.05) is 19.3 Å². The Morgan fingerprint density at radius 2 is 2.50 bits per heavy atom. The van der Waals surface area contributed by atoms with Gasteiger partial charge in [0.15, 0.2) is 0 Å². The molecule has 0 aliphatic rings. The second kappa shape index (κ2) is 5.79. The standard InChI is InChI=1S/C12H16N4OS/c1-9(10-2-5-18-7-10)15-12(17)11-6-16(4-3-13)8-14-11/h2,5-9H,3-4,13H2,1H3,(H,15,17). The van der Waals surface area contributed by atoms with Crippen LogP contribution in [0.1, 0.15) is 29.0 Å². The molecule has 2 aromatic rings. The van der Waals surface area contributed by atoms with Crippen LogP contribution in [0.2, 0.25) is 0 Å². The number of rotatable bonds is 5. The minimum atomic E-state index is -0.163. The fourth-order valence-corrected chi connectivity index (χ4v) is 2.38. The second-order valence-electron chi connectivity index (χ2n) is 4.04. The molecule has 0 spiro atoms. The molecule has 1 unspecified atom stereocenters. The van der Waals surface area contributed by atoms with Crippen molar-refractivity contribution in [2.24, 2.45) is 5.73 Å². The predicted molar refractivity (Wildman–Crippen MR) is 71.5 cm³/mol. The summed E-state index contributed by atoms with van der Waals surface area (Å²) in [6.07, 6.45) is 3.33. The number of nitrogens with two attached hydrogens (primary N) is 1. The van der Waals surface area contributed by atoms with Crippen molar-refractivity contribution >= 4 is 17.2 Å². The van der Waals surface area contributed by atoms with Gasteiger partial charge in [-0.05, 0) is 29.3 Å². The maximum absolute atomic E-state index is 12.0. The fourth-order valence-electron chi connectivity index (χ4n) is 1.62. The molecule has 6 heteroatoms. The molecule has 1 atom stereocenters. The maximum Gasteiger partial charge on any atom is 0.271 e. The molecule has 0 fully saturated rings. The lowest BCUT2D eigenvalue weighted by Crippen LogP contribution is -2.26. The molecule has 2 aromatic heterocycles. The number of carbonyl (C=O) groups excluding carboxylic acids is 1. The van der Waals surface area contributed by atoms with Crippen LogP contribution in [0.15, 0.2) is 29.4 Å². The fraction of sp³-hybridized carbons (Fsp3) is 0.333. The molecule has 0 saturated carbocycles. The minimum absolute atomic E-state index is 0.0107. The van der Waals surface area contributed by atoms with Crippen LogP contribution in [0.4, 0.5) is 0 Å². The van der Waals surface area contributed by atoms with Crippen molar-refractivity contribution in [3.05, 3.63) is 40.6 Å². The summed E-state index contributed by atoms with van der Waals surface area (Å²) in [5, 5.41) is 6.93. The van der Waals surface area contributed by atoms with Crippen molar-refractivity contribution in [3.8, 4) is 0 Å². The normalized spacial score (nSPS) is 12.3. The van der Waals surface area contributed by atoms with Gasteiger partial charge in [-0.25, -0.2) is 4.98 Å². The first-order chi connectivity index (χ1) is 8.70. The van der Waals surface area contributed by atoms with Gasteiger partial charge in [-0.15, -0.1) is 0 Å². The Hall–Kier alpha value is -1.66. The third kappa shape index (κ3) is 2.96. The number of nitrogens with zero attached hydrogens (tertiary/aromatic N) is 2. The topological polar surface area (TPSA) is 72.9 Å². The van der Waals surface area contributed by atoms with E-state index in [9.17, 15) is 4.79 Å². The largest absolute Gasteiger partial charge is 0.344 e. The first-order valence-corrected chi connectivity index (χ1v) is 6.70. The summed E-state index contributed by atoms with van der Waals surface area (Å²) in [5.41, 5.74) is 6.97. The van der Waals surface area contributed by atoms with E-state index >= 15 is 0 Å². The zero-order valence-corrected chi connectivity index (χ0v) is 11.0. The number of nitrogens with one attached hydrogen (secondary N) is 1. The molecule has 0 bridgehead atoms. The molecule has 0 aromatic carbocycles. The van der Waals surface area contributed by atoms with Gasteiger partial charge < -0.3 is 15.6 Å². The second-order valence-corrected chi connectivity index (χ2v) is 4.82. The Bertz CT molecular complexity index is 506. The van der Waals surface area contributed by atoms with Crippen LogP contribution in [-0.2, 0) is 6.54 Å². The minimum Gasteiger partial charge on any atom is -0.344 e. The average molecular weight is 264 g/mol. The number of aromatic nitrogens is 2. The number of amides is 1. The first-order valence-electron chi connectivity index (χ1n) is 5.75. The molecule has 18 heavy (non-hydrogen) atoms. The summed E-state index contributed by atoms with van der Waals surface area (Å²) < 4.78 is 1.81. The van der Waals surface area contributed by atoms with Crippen LogP contribution < -0.4 is 11.1 Å². The van der Waals surface area contributed by atoms with Crippen LogP contribution in [-0.4, -0.2) is 22.0 Å². The summed E-state index contributed by atoms with van der Waals surface area (Å²) in [5.74, 6) is -0.163. The third-order valence-electron chi connectivity index (χ3n) is 2.64. The Morgan fingerprint density at radius 3 is 3.17 bits per heavy atom. The molecular formula is C12H16N4OS. The molecular weight excluding hydrogens is 248 g/mol. The van der Waals surface area contributed by atoms with Gasteiger partial charge in [-0.2, -0.15) is 11.3 Å². The Balaban J connectivity index is 1.98. The predicted octanol–water partition coefficient (Wildman–Crippen LogP) is 1.39. The summed E-state index contributed by atoms with van der Waals surface area (Å²) in [4.78, 5) is 16.0. The number of imidazole rings is 1. The van der Waals surface area contributed by atoms with Crippen molar-refractivity contribution < 1.29 is 4.79 Å². The van der Waals surface area contributed by atoms with E-state index < -0.39 is 0 Å². The summed E-state index contributed by atoms with van der Waals surface area (Å²) in [7, 11) is 0. The lowest BCUT2D eigenvalue weighted by molar-refractivity contribution is 0.0935. The Labute approximate surface area is 110 Å². The molecule has 0 radical (unpaired) electrons. The average Bonchev–Trinajstić information content (AvgIpc) is 3.00. The van der Waals surface area contributed by atoms with E-state index in [1.165, 1.54) is 0 Å². The highest BCUT2D eigenvalue weighted by Crippen LogP contribution is 2.15. The Morgan fingerprint density at radius 1 is 1.67 bits per heavy atom. The molecule has 96 valence electrons. The maximum atomic E-state index is 12.0. The number of hydrogen-bond donors (Lipinski definition) is 2. The zero-order chi connectivity index (χ0) is 13.0. The van der Waals surface area contributed by atoms with Crippen LogP contribution >= 0.6 is 11.3 Å². The van der Waals surface area contributed by atoms with Gasteiger partial charge in [0.25, 0.3) is 5.91 Å². The molecule has 1 amide bonds. The molecule has 2 heterocycles. The van der Waals surface area contributed by atoms with Gasteiger partial charge in [0.05, 0.1) is 12.4 Å². The van der Waals surface area contributed by atoms with E-state index in [1.54, 1.807) is 23.9 Å². The number of carbonyl (C=O) groups is 1. The number of thiophene rings is 1. The van der Waals surface area contributed by atoms with E-state index in [4.69, 9.17) is 5.73 Å². The van der Waals surface area contributed by atoms with E-state index in [0.29, 0.717) is 18.8 Å². The quantitative estimate of drug-likeness (QED) is 0.857. The van der Waals surface area contributed by atoms with Gasteiger partial charge in [-0.1, -0.05) is 0 Å². The van der Waals surface area contributed by atoms with Crippen LogP contribution in [0.5, 0.6) is 0 Å². The summed E-state index contributed by atoms with van der Waals surface area (Å²) in [6.45, 7) is 3.15. The summed E-state index contributed by atoms with van der Waals surface area (Å²) >= 11 is 1.62. The Kier molecular flexibility index (Phi) is 4.11. The SMILES string of the molecule is CC(NC(=O)c1cn(CCN)cn1)c1ccsc1. The number of hydrogen-bond acceptors (Lipinski definition) is 4. The highest BCUT2D eigenvalue weighted by molar-refractivity contribution is 7.07. The molecule has 2 rings (SSSR count). The van der Waals surface area contributed by atoms with Crippen molar-refractivity contribution in [3.63, 3.8) is 0 Å². The van der Waals surface area contributed by atoms with E-state index in [2.05, 4.69) is 10.3 Å². The molecule has 0 aliphatic carbocycles. The lowest BCUT2D eigenvalue weighted by Gasteiger charge is -2.11. The molecule has 0 saturated heterocycles. The van der Waals surface area contributed by atoms with Gasteiger partial charge in [0.2, 0.25) is 0 Å². The molecule has 0 aliphatic heterocycles. The molecule has 5 nitrogen and oxygen atoms in total. The smallest absolute Gasteiger partial charge is 0.271 e. The van der Waals surface area contributed by atoms with Crippen LogP contribution in [0, 0.1) is 0 Å². The van der Waals surface area contributed by atoms with Gasteiger partial charge in [-0.3, -0.25) is 4.79 Å². The van der Waals surface area contributed by atoms with E-state index in [1.807, 2.05) is 28.3 Å². The zero-order valence-electron chi connectivity index (χ0n) is 10.2. The van der Waals surface area contributed by atoms with E-state index in [-0.39, 0.29) is 11.9 Å². The van der Waals surface area contributed by atoms with Crippen LogP contribution in [0.3, 0.4) is 0 Å². The monoisotopic (exact) mass is 264 g/mol. The van der Waals surface area contributed by atoms with Crippen molar-refractivity contribution in [2.75, 3.05) is 6.54 Å². The van der Waals surface area contributed by atoms with Crippen molar-refractivity contribution in [1.29, 1.82) is 0 Å². The van der Waals surface area contributed by atoms with Gasteiger partial charge >= 0.3 is 0 Å². The highest BCUT2D eigenvalue weighted by atomic mass is 32.1.